The molecule has 35 heavy (non-hydrogen) atoms. The number of aromatic nitrogens is 2. The Kier molecular flexibility index (Phi) is 7.60. The van der Waals surface area contributed by atoms with Crippen molar-refractivity contribution in [2.45, 2.75) is 38.6 Å². The van der Waals surface area contributed by atoms with Crippen LogP contribution in [0.25, 0.3) is 5.69 Å². The molecule has 1 atom stereocenters. The predicted molar refractivity (Wildman–Crippen MR) is 130 cm³/mol. The summed E-state index contributed by atoms with van der Waals surface area (Å²) in [6.45, 7) is 2.27. The first kappa shape index (κ1) is 24.6. The van der Waals surface area contributed by atoms with Gasteiger partial charge >= 0.3 is 11.9 Å². The highest BCUT2D eigenvalue weighted by atomic mass is 35.5. The quantitative estimate of drug-likeness (QED) is 0.304. The van der Waals surface area contributed by atoms with Crippen LogP contribution < -0.4 is 0 Å². The molecule has 7 nitrogen and oxygen atoms in total. The van der Waals surface area contributed by atoms with E-state index in [9.17, 15) is 14.0 Å². The van der Waals surface area contributed by atoms with Gasteiger partial charge < -0.3 is 9.47 Å². The summed E-state index contributed by atoms with van der Waals surface area (Å²) in [5, 5.41) is 0.446. The topological polar surface area (TPSA) is 82.8 Å². The van der Waals surface area contributed by atoms with Gasteiger partial charge in [0, 0.05) is 22.6 Å². The molecular formula is C26H25ClFN3O4. The molecule has 4 rings (SSSR count). The van der Waals surface area contributed by atoms with Gasteiger partial charge in [-0.1, -0.05) is 37.1 Å². The number of hydrogen-bond donors (Lipinski definition) is 0. The normalized spacial score (nSPS) is 14.4. The summed E-state index contributed by atoms with van der Waals surface area (Å²) in [6, 6.07) is 10.8. The van der Waals surface area contributed by atoms with Crippen LogP contribution in [0.1, 0.15) is 66.0 Å². The van der Waals surface area contributed by atoms with Gasteiger partial charge in [0.2, 0.25) is 0 Å². The molecule has 2 heterocycles. The van der Waals surface area contributed by atoms with E-state index < -0.39 is 23.8 Å². The molecule has 0 aliphatic carbocycles. The average molecular weight is 498 g/mol. The van der Waals surface area contributed by atoms with Crippen LogP contribution in [-0.2, 0) is 14.3 Å². The molecule has 1 aromatic heterocycles. The Morgan fingerprint density at radius 1 is 1.17 bits per heavy atom. The number of esters is 2. The Balaban J connectivity index is 1.92. The molecule has 1 aliphatic rings. The predicted octanol–water partition coefficient (Wildman–Crippen LogP) is 5.47. The lowest BCUT2D eigenvalue weighted by atomic mass is 9.99. The molecule has 0 radical (unpaired) electrons. The monoisotopic (exact) mass is 497 g/mol. The van der Waals surface area contributed by atoms with Crippen molar-refractivity contribution in [3.8, 4) is 5.69 Å². The molecule has 0 saturated carbocycles. The first-order valence-corrected chi connectivity index (χ1v) is 11.8. The van der Waals surface area contributed by atoms with Crippen LogP contribution in [0.5, 0.6) is 0 Å². The zero-order chi connectivity index (χ0) is 24.9. The number of aliphatic imine (C=N–C) groups is 1. The van der Waals surface area contributed by atoms with Crippen LogP contribution in [-0.4, -0.2) is 40.9 Å². The molecule has 0 amide bonds. The maximum absolute atomic E-state index is 15.0. The Hall–Kier alpha value is -3.52. The number of rotatable bonds is 8. The second-order valence-electron chi connectivity index (χ2n) is 8.09. The molecule has 9 heteroatoms. The van der Waals surface area contributed by atoms with Crippen LogP contribution in [0.15, 0.2) is 53.8 Å². The number of methoxy groups -OCH3 is 1. The van der Waals surface area contributed by atoms with E-state index in [0.717, 1.165) is 12.8 Å². The third-order valence-corrected chi connectivity index (χ3v) is 6.02. The number of imidazole rings is 1. The highest BCUT2D eigenvalue weighted by Crippen LogP contribution is 2.36. The number of unbranched alkanes of at least 4 members (excludes halogenated alkanes) is 1. The van der Waals surface area contributed by atoms with E-state index in [1.54, 1.807) is 41.0 Å². The summed E-state index contributed by atoms with van der Waals surface area (Å²) in [6.07, 6.45) is 3.38. The molecule has 0 spiro atoms. The zero-order valence-electron chi connectivity index (χ0n) is 19.5. The third kappa shape index (κ3) is 5.12. The van der Waals surface area contributed by atoms with Crippen molar-refractivity contribution in [2.24, 2.45) is 4.99 Å². The maximum atomic E-state index is 15.0. The summed E-state index contributed by atoms with van der Waals surface area (Å²) >= 11 is 6.33. The van der Waals surface area contributed by atoms with E-state index in [1.165, 1.54) is 19.5 Å². The zero-order valence-corrected chi connectivity index (χ0v) is 20.2. The number of carbonyl (C=O) groups excluding carboxylic acids is 2. The van der Waals surface area contributed by atoms with E-state index in [0.29, 0.717) is 27.7 Å². The molecule has 0 fully saturated rings. The van der Waals surface area contributed by atoms with Crippen molar-refractivity contribution in [1.29, 1.82) is 0 Å². The van der Waals surface area contributed by atoms with Crippen molar-refractivity contribution in [3.05, 3.63) is 82.1 Å². The smallest absolute Gasteiger partial charge is 0.358 e. The summed E-state index contributed by atoms with van der Waals surface area (Å²) in [5.41, 5.74) is 2.43. The number of hydrogen-bond acceptors (Lipinski definition) is 6. The summed E-state index contributed by atoms with van der Waals surface area (Å²) in [4.78, 5) is 34.2. The fourth-order valence-corrected chi connectivity index (χ4v) is 4.20. The lowest BCUT2D eigenvalue weighted by molar-refractivity contribution is -0.140. The molecule has 182 valence electrons. The van der Waals surface area contributed by atoms with Gasteiger partial charge in [-0.05, 0) is 43.2 Å². The van der Waals surface area contributed by atoms with Crippen molar-refractivity contribution in [2.75, 3.05) is 13.7 Å². The number of ether oxygens (including phenoxy) is 2. The number of halogens is 2. The Bertz CT molecular complexity index is 1290. The van der Waals surface area contributed by atoms with Crippen molar-refractivity contribution >= 4 is 29.3 Å². The minimum atomic E-state index is -0.703. The van der Waals surface area contributed by atoms with E-state index in [-0.39, 0.29) is 30.7 Å². The minimum absolute atomic E-state index is 0.0435. The molecule has 1 aliphatic heterocycles. The van der Waals surface area contributed by atoms with Gasteiger partial charge in [0.1, 0.15) is 12.1 Å². The van der Waals surface area contributed by atoms with Gasteiger partial charge in [-0.25, -0.2) is 14.2 Å². The molecule has 0 bridgehead atoms. The Morgan fingerprint density at radius 2 is 1.97 bits per heavy atom. The van der Waals surface area contributed by atoms with Gasteiger partial charge in [0.25, 0.3) is 0 Å². The third-order valence-electron chi connectivity index (χ3n) is 5.78. The van der Waals surface area contributed by atoms with E-state index in [4.69, 9.17) is 26.1 Å². The van der Waals surface area contributed by atoms with Gasteiger partial charge in [-0.2, -0.15) is 0 Å². The molecule has 2 aromatic carbocycles. The largest absolute Gasteiger partial charge is 0.469 e. The highest BCUT2D eigenvalue weighted by Gasteiger charge is 2.32. The van der Waals surface area contributed by atoms with Crippen LogP contribution in [0.4, 0.5) is 4.39 Å². The van der Waals surface area contributed by atoms with Crippen molar-refractivity contribution < 1.29 is 23.5 Å². The fraction of sp³-hybridized carbons (Fsp3) is 0.308. The van der Waals surface area contributed by atoms with E-state index in [1.807, 2.05) is 6.92 Å². The van der Waals surface area contributed by atoms with Crippen LogP contribution in [0.2, 0.25) is 5.02 Å². The second kappa shape index (κ2) is 10.8. The molecular weight excluding hydrogens is 473 g/mol. The number of nitrogens with zero attached hydrogens (tertiary/aromatic N) is 3. The van der Waals surface area contributed by atoms with Crippen LogP contribution in [0, 0.1) is 5.82 Å². The standard InChI is InChI=1S/C26H25ClFN3O4/c1-3-4-13-35-26(33)24-25-20(10-12-22(32)34-2)30-23(17-7-5-6-8-19(17)28)18-14-16(27)9-11-21(18)31(25)15-29-24/h5-9,11,14-15,20H,3-4,10,12-13H2,1-2H3/t20-/m0/s1. The Labute approximate surface area is 207 Å². The minimum Gasteiger partial charge on any atom is -0.469 e. The second-order valence-corrected chi connectivity index (χ2v) is 8.52. The van der Waals surface area contributed by atoms with Gasteiger partial charge in [-0.15, -0.1) is 0 Å². The van der Waals surface area contributed by atoms with E-state index in [2.05, 4.69) is 4.98 Å². The fourth-order valence-electron chi connectivity index (χ4n) is 4.02. The van der Waals surface area contributed by atoms with Gasteiger partial charge in [-0.3, -0.25) is 14.4 Å². The van der Waals surface area contributed by atoms with Gasteiger partial charge in [0.15, 0.2) is 5.69 Å². The SMILES string of the molecule is CCCCOC(=O)c1ncn2c1[C@H](CCC(=O)OC)N=C(c1ccccc1F)c1cc(Cl)ccc1-2. The first-order chi connectivity index (χ1) is 16.9. The molecule has 0 saturated heterocycles. The number of carbonyl (C=O) groups is 2. The summed E-state index contributed by atoms with van der Waals surface area (Å²) < 4.78 is 26.9. The van der Waals surface area contributed by atoms with Crippen molar-refractivity contribution in [3.63, 3.8) is 0 Å². The molecule has 0 unspecified atom stereocenters. The average Bonchev–Trinajstić information content (AvgIpc) is 3.24. The van der Waals surface area contributed by atoms with Gasteiger partial charge in [0.05, 0.1) is 36.9 Å². The highest BCUT2D eigenvalue weighted by molar-refractivity contribution is 6.31. The van der Waals surface area contributed by atoms with E-state index >= 15 is 0 Å². The van der Waals surface area contributed by atoms with Crippen LogP contribution >= 0.6 is 11.6 Å². The summed E-state index contributed by atoms with van der Waals surface area (Å²) in [7, 11) is 1.31. The lowest BCUT2D eigenvalue weighted by Gasteiger charge is -2.15. The lowest BCUT2D eigenvalue weighted by Crippen LogP contribution is -2.14. The molecule has 0 N–H and O–H groups in total. The molecule has 3 aromatic rings. The summed E-state index contributed by atoms with van der Waals surface area (Å²) in [5.74, 6) is -1.45. The Morgan fingerprint density at radius 3 is 2.71 bits per heavy atom. The number of fused-ring (bicyclic) bond motifs is 3. The van der Waals surface area contributed by atoms with Crippen molar-refractivity contribution in [1.82, 2.24) is 9.55 Å². The number of benzene rings is 2. The van der Waals surface area contributed by atoms with Crippen LogP contribution in [0.3, 0.4) is 0 Å². The first-order valence-electron chi connectivity index (χ1n) is 11.4. The maximum Gasteiger partial charge on any atom is 0.358 e.